The quantitative estimate of drug-likeness (QED) is 0.209. The van der Waals surface area contributed by atoms with Crippen molar-refractivity contribution in [3.63, 3.8) is 0 Å². The second-order valence-corrected chi connectivity index (χ2v) is 10.7. The van der Waals surface area contributed by atoms with E-state index in [0.29, 0.717) is 0 Å². The van der Waals surface area contributed by atoms with Gasteiger partial charge in [-0.2, -0.15) is 0 Å². The van der Waals surface area contributed by atoms with Crippen LogP contribution >= 0.6 is 0 Å². The molecule has 0 radical (unpaired) electrons. The smallest absolute Gasteiger partial charge is 0.111 e. The van der Waals surface area contributed by atoms with E-state index in [2.05, 4.69) is 138 Å². The summed E-state index contributed by atoms with van der Waals surface area (Å²) in [5.41, 5.74) is 10.3. The van der Waals surface area contributed by atoms with Gasteiger partial charge in [0.25, 0.3) is 0 Å². The summed E-state index contributed by atoms with van der Waals surface area (Å²) < 4.78 is 2.23. The molecule has 3 heteroatoms. The van der Waals surface area contributed by atoms with Crippen molar-refractivity contribution in [3.05, 3.63) is 152 Å². The molecule has 0 aliphatic rings. The molecule has 3 nitrogen and oxygen atoms in total. The van der Waals surface area contributed by atoms with Crippen molar-refractivity contribution >= 4 is 32.6 Å². The SMILES string of the molecule is Cc1nc2ccccc2n1-c1ccc(-c2c3ccccc3c(-c3ccc(-c4ccccn4)cc3)c3ccccc23)cc1. The van der Waals surface area contributed by atoms with Crippen LogP contribution in [0.1, 0.15) is 5.82 Å². The molecule has 198 valence electrons. The third-order valence-corrected chi connectivity index (χ3v) is 8.21. The Morgan fingerprint density at radius 1 is 0.476 bits per heavy atom. The van der Waals surface area contributed by atoms with Gasteiger partial charge in [0.05, 0.1) is 16.7 Å². The molecule has 0 atom stereocenters. The lowest BCUT2D eigenvalue weighted by atomic mass is 9.86. The predicted octanol–water partition coefficient (Wildman–Crippen LogP) is 10.0. The van der Waals surface area contributed by atoms with Crippen LogP contribution in [0.25, 0.3) is 71.8 Å². The number of para-hydroxylation sites is 2. The number of aromatic nitrogens is 3. The third kappa shape index (κ3) is 3.90. The van der Waals surface area contributed by atoms with Crippen LogP contribution in [0.5, 0.6) is 0 Å². The molecule has 0 saturated heterocycles. The number of fused-ring (bicyclic) bond motifs is 3. The highest BCUT2D eigenvalue weighted by Gasteiger charge is 2.17. The lowest BCUT2D eigenvalue weighted by molar-refractivity contribution is 1.00. The van der Waals surface area contributed by atoms with Gasteiger partial charge in [0.2, 0.25) is 0 Å². The van der Waals surface area contributed by atoms with E-state index in [1.165, 1.54) is 43.8 Å². The second-order valence-electron chi connectivity index (χ2n) is 10.7. The maximum Gasteiger partial charge on any atom is 0.111 e. The van der Waals surface area contributed by atoms with Gasteiger partial charge in [-0.15, -0.1) is 0 Å². The third-order valence-electron chi connectivity index (χ3n) is 8.21. The molecule has 0 spiro atoms. The molecular formula is C39H27N3. The minimum Gasteiger partial charge on any atom is -0.297 e. The lowest BCUT2D eigenvalue weighted by Gasteiger charge is -2.18. The van der Waals surface area contributed by atoms with Crippen LogP contribution in [0.15, 0.2) is 146 Å². The fourth-order valence-electron chi connectivity index (χ4n) is 6.34. The highest BCUT2D eigenvalue weighted by molar-refractivity contribution is 6.21. The van der Waals surface area contributed by atoms with E-state index in [1.54, 1.807) is 0 Å². The summed E-state index contributed by atoms with van der Waals surface area (Å²) in [5, 5.41) is 4.99. The molecule has 0 fully saturated rings. The maximum atomic E-state index is 4.77. The number of hydrogen-bond acceptors (Lipinski definition) is 2. The molecule has 2 aromatic heterocycles. The molecular weight excluding hydrogens is 510 g/mol. The van der Waals surface area contributed by atoms with Crippen LogP contribution in [-0.4, -0.2) is 14.5 Å². The number of rotatable bonds is 4. The highest BCUT2D eigenvalue weighted by Crippen LogP contribution is 2.44. The summed E-state index contributed by atoms with van der Waals surface area (Å²) in [6.07, 6.45) is 1.84. The first-order valence-electron chi connectivity index (χ1n) is 14.3. The molecule has 0 bridgehead atoms. The standard InChI is InChI=1S/C39H27N3/c1-26-41-36-15-6-7-16-37(36)42(26)30-23-21-29(22-24-30)39-33-12-4-2-10-31(33)38(32-11-3-5-13-34(32)39)28-19-17-27(18-20-28)35-14-8-9-25-40-35/h2-25H,1H3. The van der Waals surface area contributed by atoms with E-state index in [0.717, 1.165) is 33.8 Å². The summed E-state index contributed by atoms with van der Waals surface area (Å²) in [5.74, 6) is 0.985. The summed E-state index contributed by atoms with van der Waals surface area (Å²) >= 11 is 0. The van der Waals surface area contributed by atoms with Gasteiger partial charge in [0.1, 0.15) is 5.82 Å². The van der Waals surface area contributed by atoms with Gasteiger partial charge in [-0.25, -0.2) is 4.98 Å². The first-order chi connectivity index (χ1) is 20.8. The van der Waals surface area contributed by atoms with Gasteiger partial charge < -0.3 is 0 Å². The first kappa shape index (κ1) is 24.3. The zero-order valence-corrected chi connectivity index (χ0v) is 23.2. The van der Waals surface area contributed by atoms with Gasteiger partial charge >= 0.3 is 0 Å². The number of aryl methyl sites for hydroxylation is 1. The summed E-state index contributed by atoms with van der Waals surface area (Å²) in [6.45, 7) is 2.07. The van der Waals surface area contributed by atoms with Crippen molar-refractivity contribution in [1.82, 2.24) is 14.5 Å². The van der Waals surface area contributed by atoms with Gasteiger partial charge in [0, 0.05) is 17.4 Å². The Bertz CT molecular complexity index is 2170. The van der Waals surface area contributed by atoms with Gasteiger partial charge in [-0.1, -0.05) is 103 Å². The van der Waals surface area contributed by atoms with Crippen LogP contribution in [0.2, 0.25) is 0 Å². The minimum absolute atomic E-state index is 0.983. The lowest BCUT2D eigenvalue weighted by Crippen LogP contribution is -1.97. The topological polar surface area (TPSA) is 30.7 Å². The van der Waals surface area contributed by atoms with Gasteiger partial charge in [-0.05, 0) is 87.1 Å². The zero-order valence-electron chi connectivity index (χ0n) is 23.2. The van der Waals surface area contributed by atoms with Crippen molar-refractivity contribution < 1.29 is 0 Å². The zero-order chi connectivity index (χ0) is 28.0. The Morgan fingerprint density at radius 3 is 1.55 bits per heavy atom. The Balaban J connectivity index is 1.30. The summed E-state index contributed by atoms with van der Waals surface area (Å²) in [7, 11) is 0. The number of nitrogens with zero attached hydrogens (tertiary/aromatic N) is 3. The molecule has 0 unspecified atom stereocenters. The Kier molecular flexibility index (Phi) is 5.68. The predicted molar refractivity (Wildman–Crippen MR) is 175 cm³/mol. The number of benzene rings is 6. The van der Waals surface area contributed by atoms with E-state index < -0.39 is 0 Å². The number of pyridine rings is 1. The molecule has 0 aliphatic heterocycles. The number of imidazole rings is 1. The maximum absolute atomic E-state index is 4.77. The summed E-state index contributed by atoms with van der Waals surface area (Å²) in [4.78, 5) is 9.31. The van der Waals surface area contributed by atoms with E-state index >= 15 is 0 Å². The van der Waals surface area contributed by atoms with Crippen LogP contribution in [0, 0.1) is 6.92 Å². The average molecular weight is 538 g/mol. The largest absolute Gasteiger partial charge is 0.297 e. The monoisotopic (exact) mass is 537 g/mol. The molecule has 0 N–H and O–H groups in total. The molecule has 8 rings (SSSR count). The van der Waals surface area contributed by atoms with Crippen molar-refractivity contribution in [2.75, 3.05) is 0 Å². The van der Waals surface area contributed by atoms with Gasteiger partial charge in [-0.3, -0.25) is 9.55 Å². The average Bonchev–Trinajstić information content (AvgIpc) is 3.40. The molecule has 0 amide bonds. The Hall–Kier alpha value is -5.54. The molecule has 6 aromatic carbocycles. The van der Waals surface area contributed by atoms with Crippen molar-refractivity contribution in [2.45, 2.75) is 6.92 Å². The van der Waals surface area contributed by atoms with E-state index in [9.17, 15) is 0 Å². The van der Waals surface area contributed by atoms with Crippen LogP contribution in [-0.2, 0) is 0 Å². The van der Waals surface area contributed by atoms with Crippen LogP contribution < -0.4 is 0 Å². The Labute approximate surface area is 244 Å². The van der Waals surface area contributed by atoms with Crippen molar-refractivity contribution in [1.29, 1.82) is 0 Å². The summed E-state index contributed by atoms with van der Waals surface area (Å²) in [6, 6.07) is 49.7. The molecule has 0 aliphatic carbocycles. The highest BCUT2D eigenvalue weighted by atomic mass is 15.1. The van der Waals surface area contributed by atoms with E-state index in [1.807, 2.05) is 24.4 Å². The van der Waals surface area contributed by atoms with Crippen LogP contribution in [0.4, 0.5) is 0 Å². The molecule has 0 saturated carbocycles. The fraction of sp³-hybridized carbons (Fsp3) is 0.0256. The molecule has 8 aromatic rings. The minimum atomic E-state index is 0.983. The molecule has 2 heterocycles. The number of hydrogen-bond donors (Lipinski definition) is 0. The van der Waals surface area contributed by atoms with Crippen LogP contribution in [0.3, 0.4) is 0 Å². The second kappa shape index (κ2) is 9.83. The normalized spacial score (nSPS) is 11.5. The van der Waals surface area contributed by atoms with E-state index in [4.69, 9.17) is 4.98 Å². The van der Waals surface area contributed by atoms with Crippen molar-refractivity contribution in [2.24, 2.45) is 0 Å². The fourth-order valence-corrected chi connectivity index (χ4v) is 6.34. The van der Waals surface area contributed by atoms with E-state index in [-0.39, 0.29) is 0 Å². The van der Waals surface area contributed by atoms with Crippen molar-refractivity contribution in [3.8, 4) is 39.2 Å². The first-order valence-corrected chi connectivity index (χ1v) is 14.3. The Morgan fingerprint density at radius 2 is 0.976 bits per heavy atom. The van der Waals surface area contributed by atoms with Gasteiger partial charge in [0.15, 0.2) is 0 Å². The molecule has 42 heavy (non-hydrogen) atoms.